The summed E-state index contributed by atoms with van der Waals surface area (Å²) in [5.74, 6) is 0.358. The lowest BCUT2D eigenvalue weighted by atomic mass is 10.2. The van der Waals surface area contributed by atoms with E-state index in [1.807, 2.05) is 43.1 Å². The van der Waals surface area contributed by atoms with Crippen LogP contribution in [0.2, 0.25) is 0 Å². The SMILES string of the molecule is CC(C)Oc1ccc(/C=N/NC(=O)CCNc2n[nH]c(=O)[nH]c2=O)cc1. The highest BCUT2D eigenvalue weighted by molar-refractivity contribution is 5.82. The number of ether oxygens (including phenoxy) is 1. The minimum absolute atomic E-state index is 0.0652. The molecule has 0 aliphatic carbocycles. The molecule has 0 radical (unpaired) electrons. The van der Waals surface area contributed by atoms with E-state index in [1.54, 1.807) is 0 Å². The molecule has 1 heterocycles. The van der Waals surface area contributed by atoms with E-state index in [1.165, 1.54) is 6.21 Å². The average Bonchev–Trinajstić information content (AvgIpc) is 2.58. The van der Waals surface area contributed by atoms with Crippen molar-refractivity contribution in [3.05, 3.63) is 50.7 Å². The molecule has 138 valence electrons. The second-order valence-corrected chi connectivity index (χ2v) is 5.56. The van der Waals surface area contributed by atoms with Crippen molar-refractivity contribution >= 4 is 17.9 Å². The molecule has 0 fully saturated rings. The third-order valence-corrected chi connectivity index (χ3v) is 3.01. The van der Waals surface area contributed by atoms with E-state index in [0.29, 0.717) is 0 Å². The van der Waals surface area contributed by atoms with E-state index < -0.39 is 11.2 Å². The summed E-state index contributed by atoms with van der Waals surface area (Å²) < 4.78 is 5.54. The van der Waals surface area contributed by atoms with Gasteiger partial charge in [0, 0.05) is 13.0 Å². The van der Waals surface area contributed by atoms with E-state index in [0.717, 1.165) is 11.3 Å². The van der Waals surface area contributed by atoms with E-state index in [4.69, 9.17) is 4.74 Å². The van der Waals surface area contributed by atoms with Crippen molar-refractivity contribution in [1.82, 2.24) is 20.6 Å². The fraction of sp³-hybridized carbons (Fsp3) is 0.312. The van der Waals surface area contributed by atoms with Crippen LogP contribution in [0.4, 0.5) is 5.82 Å². The smallest absolute Gasteiger partial charge is 0.342 e. The van der Waals surface area contributed by atoms with Crippen LogP contribution in [0.5, 0.6) is 5.75 Å². The van der Waals surface area contributed by atoms with Gasteiger partial charge in [-0.3, -0.25) is 14.6 Å². The molecule has 0 unspecified atom stereocenters. The zero-order valence-electron chi connectivity index (χ0n) is 14.4. The minimum atomic E-state index is -0.698. The number of anilines is 1. The van der Waals surface area contributed by atoms with E-state index in [2.05, 4.69) is 26.0 Å². The molecular weight excluding hydrogens is 340 g/mol. The van der Waals surface area contributed by atoms with Crippen molar-refractivity contribution in [2.24, 2.45) is 5.10 Å². The normalized spacial score (nSPS) is 10.9. The van der Waals surface area contributed by atoms with Gasteiger partial charge < -0.3 is 10.1 Å². The summed E-state index contributed by atoms with van der Waals surface area (Å²) >= 11 is 0. The summed E-state index contributed by atoms with van der Waals surface area (Å²) in [6.07, 6.45) is 1.68. The first-order chi connectivity index (χ1) is 12.4. The second kappa shape index (κ2) is 9.16. The van der Waals surface area contributed by atoms with Gasteiger partial charge in [-0.2, -0.15) is 5.10 Å². The van der Waals surface area contributed by atoms with Gasteiger partial charge >= 0.3 is 5.69 Å². The highest BCUT2D eigenvalue weighted by Gasteiger charge is 2.03. The van der Waals surface area contributed by atoms with Gasteiger partial charge in [0.15, 0.2) is 0 Å². The molecule has 0 atom stereocenters. The molecule has 1 aromatic carbocycles. The van der Waals surface area contributed by atoms with E-state index >= 15 is 0 Å². The van der Waals surface area contributed by atoms with Gasteiger partial charge in [0.1, 0.15) is 5.75 Å². The van der Waals surface area contributed by atoms with Gasteiger partial charge in [0.2, 0.25) is 11.7 Å². The van der Waals surface area contributed by atoms with Crippen LogP contribution in [0.1, 0.15) is 25.8 Å². The molecule has 0 aliphatic rings. The number of H-pyrrole nitrogens is 2. The lowest BCUT2D eigenvalue weighted by molar-refractivity contribution is -0.120. The standard InChI is InChI=1S/C16H20N6O4/c1-10(2)26-12-5-3-11(4-6-12)9-18-20-13(23)7-8-17-14-15(24)19-16(25)22-21-14/h3-6,9-10H,7-8H2,1-2H3,(H,17,21)(H,20,23)(H2,19,22,24,25)/b18-9+. The number of rotatable bonds is 8. The Hall–Kier alpha value is -3.43. The molecule has 0 saturated carbocycles. The number of aromatic amines is 2. The third-order valence-electron chi connectivity index (χ3n) is 3.01. The molecule has 2 rings (SSSR count). The lowest BCUT2D eigenvalue weighted by Gasteiger charge is -2.09. The fourth-order valence-electron chi connectivity index (χ4n) is 1.90. The highest BCUT2D eigenvalue weighted by Crippen LogP contribution is 2.12. The van der Waals surface area contributed by atoms with Crippen molar-refractivity contribution in [3.8, 4) is 5.75 Å². The Bertz CT molecular complexity index is 869. The molecule has 10 heteroatoms. The van der Waals surface area contributed by atoms with Crippen LogP contribution >= 0.6 is 0 Å². The molecule has 26 heavy (non-hydrogen) atoms. The molecule has 0 bridgehead atoms. The number of amides is 1. The summed E-state index contributed by atoms with van der Waals surface area (Å²) in [5, 5.41) is 12.1. The van der Waals surface area contributed by atoms with Gasteiger partial charge in [-0.25, -0.2) is 15.3 Å². The maximum absolute atomic E-state index is 11.7. The number of hydrogen-bond acceptors (Lipinski definition) is 7. The minimum Gasteiger partial charge on any atom is -0.491 e. The van der Waals surface area contributed by atoms with Gasteiger partial charge in [0.05, 0.1) is 12.3 Å². The number of nitrogens with one attached hydrogen (secondary N) is 4. The zero-order chi connectivity index (χ0) is 18.9. The number of hydrogen-bond donors (Lipinski definition) is 4. The van der Waals surface area contributed by atoms with Crippen molar-refractivity contribution in [2.75, 3.05) is 11.9 Å². The number of aromatic nitrogens is 3. The van der Waals surface area contributed by atoms with Crippen LogP contribution in [-0.4, -0.2) is 40.0 Å². The predicted molar refractivity (Wildman–Crippen MR) is 96.5 cm³/mol. The maximum Gasteiger partial charge on any atom is 0.342 e. The third kappa shape index (κ3) is 6.23. The largest absolute Gasteiger partial charge is 0.491 e. The Balaban J connectivity index is 1.75. The predicted octanol–water partition coefficient (Wildman–Crippen LogP) is 0.198. The van der Waals surface area contributed by atoms with Gasteiger partial charge in [0.25, 0.3) is 5.56 Å². The molecule has 1 aromatic heterocycles. The molecule has 0 saturated heterocycles. The number of hydrazone groups is 1. The first kappa shape index (κ1) is 18.9. The molecule has 1 amide bonds. The van der Waals surface area contributed by atoms with Gasteiger partial charge in [-0.05, 0) is 43.7 Å². The van der Waals surface area contributed by atoms with Gasteiger partial charge in [-0.15, -0.1) is 5.10 Å². The molecule has 0 aliphatic heterocycles. The lowest BCUT2D eigenvalue weighted by Crippen LogP contribution is -2.28. The number of carbonyl (C=O) groups is 1. The number of carbonyl (C=O) groups excluding carboxylic acids is 1. The number of nitrogens with zero attached hydrogens (tertiary/aromatic N) is 2. The molecule has 10 nitrogen and oxygen atoms in total. The molecule has 0 spiro atoms. The zero-order valence-corrected chi connectivity index (χ0v) is 14.4. The molecular formula is C16H20N6O4. The molecule has 4 N–H and O–H groups in total. The topological polar surface area (TPSA) is 141 Å². The fourth-order valence-corrected chi connectivity index (χ4v) is 1.90. The quantitative estimate of drug-likeness (QED) is 0.391. The summed E-state index contributed by atoms with van der Waals surface area (Å²) in [4.78, 5) is 35.9. The summed E-state index contributed by atoms with van der Waals surface area (Å²) in [6.45, 7) is 4.05. The van der Waals surface area contributed by atoms with Crippen LogP contribution in [0.25, 0.3) is 0 Å². The Morgan fingerprint density at radius 2 is 2.04 bits per heavy atom. The van der Waals surface area contributed by atoms with E-state index in [-0.39, 0.29) is 30.8 Å². The first-order valence-corrected chi connectivity index (χ1v) is 7.95. The molecule has 2 aromatic rings. The van der Waals surface area contributed by atoms with Crippen molar-refractivity contribution < 1.29 is 9.53 Å². The van der Waals surface area contributed by atoms with Crippen molar-refractivity contribution in [1.29, 1.82) is 0 Å². The van der Waals surface area contributed by atoms with Crippen LogP contribution in [0.15, 0.2) is 39.0 Å². The van der Waals surface area contributed by atoms with Crippen LogP contribution < -0.4 is 26.7 Å². The van der Waals surface area contributed by atoms with Gasteiger partial charge in [-0.1, -0.05) is 0 Å². The van der Waals surface area contributed by atoms with E-state index in [9.17, 15) is 14.4 Å². The first-order valence-electron chi connectivity index (χ1n) is 7.95. The van der Waals surface area contributed by atoms with Crippen molar-refractivity contribution in [3.63, 3.8) is 0 Å². The van der Waals surface area contributed by atoms with Crippen LogP contribution in [0.3, 0.4) is 0 Å². The second-order valence-electron chi connectivity index (χ2n) is 5.56. The Labute approximate surface area is 148 Å². The van der Waals surface area contributed by atoms with Crippen LogP contribution in [-0.2, 0) is 4.79 Å². The van der Waals surface area contributed by atoms with Crippen molar-refractivity contribution in [2.45, 2.75) is 26.4 Å². The Morgan fingerprint density at radius 3 is 2.69 bits per heavy atom. The Morgan fingerprint density at radius 1 is 1.31 bits per heavy atom. The van der Waals surface area contributed by atoms with Crippen LogP contribution in [0, 0.1) is 0 Å². The summed E-state index contributed by atoms with van der Waals surface area (Å²) in [6, 6.07) is 7.29. The highest BCUT2D eigenvalue weighted by atomic mass is 16.5. The Kier molecular flexibility index (Phi) is 6.66. The number of benzene rings is 1. The summed E-state index contributed by atoms with van der Waals surface area (Å²) in [7, 11) is 0. The summed E-state index contributed by atoms with van der Waals surface area (Å²) in [5.41, 5.74) is 1.84. The average molecular weight is 360 g/mol. The monoisotopic (exact) mass is 360 g/mol. The maximum atomic E-state index is 11.7.